The molecule has 0 fully saturated rings. The Bertz CT molecular complexity index is 1110. The van der Waals surface area contributed by atoms with Gasteiger partial charge >= 0.3 is 5.97 Å². The Balaban J connectivity index is 1.31. The lowest BCUT2D eigenvalue weighted by atomic mass is 9.93. The van der Waals surface area contributed by atoms with E-state index in [1.807, 2.05) is 73.7 Å². The van der Waals surface area contributed by atoms with E-state index in [0.29, 0.717) is 5.75 Å². The topological polar surface area (TPSA) is 35.5 Å². The molecule has 0 amide bonds. The zero-order chi connectivity index (χ0) is 29.8. The van der Waals surface area contributed by atoms with Crippen LogP contribution in [0.15, 0.2) is 78.9 Å². The van der Waals surface area contributed by atoms with Crippen molar-refractivity contribution in [1.29, 1.82) is 0 Å². The normalized spacial score (nSPS) is 12.5. The fourth-order valence-electron chi connectivity index (χ4n) is 5.42. The second-order valence-electron chi connectivity index (χ2n) is 11.4. The molecule has 0 spiro atoms. The molecule has 3 aromatic carbocycles. The third-order valence-corrected chi connectivity index (χ3v) is 8.51. The smallest absolute Gasteiger partial charge is 0.330 e. The second kappa shape index (κ2) is 20.2. The van der Waals surface area contributed by atoms with Crippen LogP contribution in [0.25, 0.3) is 11.1 Å². The third kappa shape index (κ3) is 12.2. The largest absolute Gasteiger partial charge is 0.494 e. The van der Waals surface area contributed by atoms with Gasteiger partial charge in [-0.25, -0.2) is 0 Å². The molecule has 0 radical (unpaired) electrons. The molecule has 3 rings (SSSR count). The van der Waals surface area contributed by atoms with Gasteiger partial charge in [0.05, 0.1) is 6.61 Å². The average Bonchev–Trinajstić information content (AvgIpc) is 3.03. The van der Waals surface area contributed by atoms with Crippen molar-refractivity contribution in [3.8, 4) is 22.6 Å². The summed E-state index contributed by atoms with van der Waals surface area (Å²) >= 11 is 6.54. The number of ether oxygens (including phenoxy) is 2. The number of carbonyl (C=O) groups is 1. The van der Waals surface area contributed by atoms with Gasteiger partial charge in [-0.15, -0.1) is 11.6 Å². The first-order valence-electron chi connectivity index (χ1n) is 16.4. The average molecular weight is 591 g/mol. The van der Waals surface area contributed by atoms with Gasteiger partial charge < -0.3 is 9.47 Å². The van der Waals surface area contributed by atoms with Crippen molar-refractivity contribution in [1.82, 2.24) is 0 Å². The molecule has 2 atom stereocenters. The fourth-order valence-corrected chi connectivity index (χ4v) is 5.79. The maximum atomic E-state index is 12.8. The van der Waals surface area contributed by atoms with E-state index in [0.717, 1.165) is 41.9 Å². The first-order chi connectivity index (χ1) is 20.6. The predicted octanol–water partition coefficient (Wildman–Crippen LogP) is 11.5. The van der Waals surface area contributed by atoms with E-state index in [1.165, 1.54) is 77.0 Å². The summed E-state index contributed by atoms with van der Waals surface area (Å²) in [6.45, 7) is 5.08. The summed E-state index contributed by atoms with van der Waals surface area (Å²) in [7, 11) is 0. The molecule has 228 valence electrons. The van der Waals surface area contributed by atoms with Gasteiger partial charge in [-0.1, -0.05) is 145 Å². The van der Waals surface area contributed by atoms with Gasteiger partial charge in [0.25, 0.3) is 0 Å². The molecule has 0 aliphatic carbocycles. The molecular weight excluding hydrogens is 540 g/mol. The van der Waals surface area contributed by atoms with Gasteiger partial charge in [0.1, 0.15) is 16.9 Å². The molecule has 0 N–H and O–H groups in total. The molecule has 0 aromatic heterocycles. The van der Waals surface area contributed by atoms with Gasteiger partial charge in [0.2, 0.25) is 0 Å². The van der Waals surface area contributed by atoms with Crippen molar-refractivity contribution in [3.05, 3.63) is 84.4 Å². The lowest BCUT2D eigenvalue weighted by molar-refractivity contribution is -0.134. The van der Waals surface area contributed by atoms with Crippen molar-refractivity contribution >= 4 is 17.6 Å². The Morgan fingerprint density at radius 3 is 1.60 bits per heavy atom. The molecule has 3 nitrogen and oxygen atoms in total. The molecule has 2 unspecified atom stereocenters. The minimum absolute atomic E-state index is 0.0927. The highest BCUT2D eigenvalue weighted by atomic mass is 35.5. The summed E-state index contributed by atoms with van der Waals surface area (Å²) in [6.07, 6.45) is 18.4. The van der Waals surface area contributed by atoms with Crippen molar-refractivity contribution in [2.45, 2.75) is 115 Å². The van der Waals surface area contributed by atoms with Gasteiger partial charge in [0, 0.05) is 5.92 Å². The summed E-state index contributed by atoms with van der Waals surface area (Å²) in [5.41, 5.74) is 3.19. The molecule has 0 saturated carbocycles. The van der Waals surface area contributed by atoms with Gasteiger partial charge in [-0.2, -0.15) is 0 Å². The number of hydrogen-bond donors (Lipinski definition) is 0. The molecule has 42 heavy (non-hydrogen) atoms. The highest BCUT2D eigenvalue weighted by molar-refractivity contribution is 6.30. The third-order valence-electron chi connectivity index (χ3n) is 8.02. The van der Waals surface area contributed by atoms with Gasteiger partial charge in [-0.3, -0.25) is 4.79 Å². The Hall–Kier alpha value is -2.78. The number of carbonyl (C=O) groups excluding carboxylic acids is 1. The zero-order valence-corrected chi connectivity index (χ0v) is 26.6. The van der Waals surface area contributed by atoms with E-state index in [1.54, 1.807) is 0 Å². The fraction of sp³-hybridized carbons (Fsp3) is 0.500. The Morgan fingerprint density at radius 1 is 0.619 bits per heavy atom. The number of alkyl halides is 1. The van der Waals surface area contributed by atoms with Crippen LogP contribution in [-0.4, -0.2) is 18.0 Å². The van der Waals surface area contributed by atoms with Crippen LogP contribution in [0.3, 0.4) is 0 Å². The number of unbranched alkanes of at least 4 members (excludes halogenated alkanes) is 12. The summed E-state index contributed by atoms with van der Waals surface area (Å²) in [6, 6.07) is 25.6. The molecule has 0 bridgehead atoms. The molecule has 4 heteroatoms. The number of halogens is 1. The first kappa shape index (κ1) is 33.7. The minimum Gasteiger partial charge on any atom is -0.494 e. The Labute approximate surface area is 260 Å². The highest BCUT2D eigenvalue weighted by Crippen LogP contribution is 2.29. The predicted molar refractivity (Wildman–Crippen MR) is 178 cm³/mol. The Kier molecular flexibility index (Phi) is 16.2. The van der Waals surface area contributed by atoms with Crippen molar-refractivity contribution in [3.63, 3.8) is 0 Å². The van der Waals surface area contributed by atoms with Crippen LogP contribution in [-0.2, 0) is 4.79 Å². The summed E-state index contributed by atoms with van der Waals surface area (Å²) < 4.78 is 11.6. The van der Waals surface area contributed by atoms with E-state index in [2.05, 4.69) is 19.1 Å². The van der Waals surface area contributed by atoms with Crippen LogP contribution in [0.5, 0.6) is 11.5 Å². The summed E-state index contributed by atoms with van der Waals surface area (Å²) in [4.78, 5) is 12.8. The standard InChI is InChI=1S/C38H51ClO3/c1-3-5-6-7-8-9-10-11-12-13-14-15-19-30-41-34-26-22-31(23-27-34)32-24-28-35(29-25-32)42-38(40)37(39)36(4-2)33-20-17-16-18-21-33/h16-18,20-29,36-37H,3-15,19,30H2,1-2H3. The van der Waals surface area contributed by atoms with E-state index in [-0.39, 0.29) is 5.92 Å². The molecule has 0 heterocycles. The van der Waals surface area contributed by atoms with E-state index in [9.17, 15) is 4.79 Å². The van der Waals surface area contributed by atoms with Crippen molar-refractivity contribution in [2.24, 2.45) is 0 Å². The van der Waals surface area contributed by atoms with E-state index < -0.39 is 11.3 Å². The molecule has 0 saturated heterocycles. The van der Waals surface area contributed by atoms with Gasteiger partial charge in [-0.05, 0) is 53.8 Å². The quantitative estimate of drug-likeness (QED) is 0.0535. The lowest BCUT2D eigenvalue weighted by Crippen LogP contribution is -2.27. The van der Waals surface area contributed by atoms with E-state index in [4.69, 9.17) is 21.1 Å². The summed E-state index contributed by atoms with van der Waals surface area (Å²) in [5, 5.41) is -0.746. The number of rotatable bonds is 21. The maximum absolute atomic E-state index is 12.8. The van der Waals surface area contributed by atoms with E-state index >= 15 is 0 Å². The number of benzene rings is 3. The Morgan fingerprint density at radius 2 is 1.10 bits per heavy atom. The number of esters is 1. The monoisotopic (exact) mass is 590 g/mol. The summed E-state index contributed by atoms with van der Waals surface area (Å²) in [5.74, 6) is 0.880. The van der Waals surface area contributed by atoms with Crippen LogP contribution in [0.1, 0.15) is 115 Å². The van der Waals surface area contributed by atoms with Crippen molar-refractivity contribution in [2.75, 3.05) is 6.61 Å². The van der Waals surface area contributed by atoms with Crippen LogP contribution >= 0.6 is 11.6 Å². The molecule has 3 aromatic rings. The second-order valence-corrected chi connectivity index (χ2v) is 11.9. The van der Waals surface area contributed by atoms with Gasteiger partial charge in [0.15, 0.2) is 0 Å². The minimum atomic E-state index is -0.746. The first-order valence-corrected chi connectivity index (χ1v) is 16.8. The lowest BCUT2D eigenvalue weighted by Gasteiger charge is -2.20. The van der Waals surface area contributed by atoms with Crippen LogP contribution < -0.4 is 9.47 Å². The highest BCUT2D eigenvalue weighted by Gasteiger charge is 2.28. The van der Waals surface area contributed by atoms with Crippen LogP contribution in [0.4, 0.5) is 0 Å². The van der Waals surface area contributed by atoms with Crippen molar-refractivity contribution < 1.29 is 14.3 Å². The van der Waals surface area contributed by atoms with Crippen LogP contribution in [0.2, 0.25) is 0 Å². The zero-order valence-electron chi connectivity index (χ0n) is 25.9. The van der Waals surface area contributed by atoms with Crippen LogP contribution in [0, 0.1) is 0 Å². The SMILES string of the molecule is CCCCCCCCCCCCCCCOc1ccc(-c2ccc(OC(=O)C(Cl)C(CC)c3ccccc3)cc2)cc1. The molecular formula is C38H51ClO3. The molecule has 0 aliphatic heterocycles. The molecule has 0 aliphatic rings. The maximum Gasteiger partial charge on any atom is 0.330 e. The number of hydrogen-bond acceptors (Lipinski definition) is 3.